The van der Waals surface area contributed by atoms with Crippen LogP contribution in [0.4, 0.5) is 5.69 Å². The molecule has 0 bridgehead atoms. The van der Waals surface area contributed by atoms with E-state index in [4.69, 9.17) is 4.74 Å². The van der Waals surface area contributed by atoms with E-state index < -0.39 is 0 Å². The largest absolute Gasteiger partial charge is 0.384 e. The fraction of sp³-hybridized carbons (Fsp3) is 0.435. The third-order valence-corrected chi connectivity index (χ3v) is 6.63. The number of nitrogens with one attached hydrogen (secondary N) is 3. The third-order valence-electron chi connectivity index (χ3n) is 6.63. The van der Waals surface area contributed by atoms with Gasteiger partial charge in [-0.3, -0.25) is 9.59 Å². The second kappa shape index (κ2) is 7.40. The summed E-state index contributed by atoms with van der Waals surface area (Å²) in [7, 11) is 1.57. The molecule has 0 radical (unpaired) electrons. The first-order valence-corrected chi connectivity index (χ1v) is 10.5. The average Bonchev–Trinajstić information content (AvgIpc) is 3.16. The van der Waals surface area contributed by atoms with Crippen molar-refractivity contribution in [3.05, 3.63) is 58.4 Å². The number of carbonyl (C=O) groups is 2. The van der Waals surface area contributed by atoms with Crippen LogP contribution < -0.4 is 16.0 Å². The van der Waals surface area contributed by atoms with Gasteiger partial charge in [-0.25, -0.2) is 4.98 Å². The molecule has 7 nitrogen and oxygen atoms in total. The Labute approximate surface area is 175 Å². The molecule has 2 aliphatic heterocycles. The third kappa shape index (κ3) is 3.23. The first-order chi connectivity index (χ1) is 14.6. The second-order valence-electron chi connectivity index (χ2n) is 8.38. The second-order valence-corrected chi connectivity index (χ2v) is 8.38. The summed E-state index contributed by atoms with van der Waals surface area (Å²) in [6.45, 7) is 4.43. The van der Waals surface area contributed by atoms with Crippen molar-refractivity contribution in [1.29, 1.82) is 0 Å². The molecule has 1 saturated heterocycles. The molecule has 2 amide bonds. The van der Waals surface area contributed by atoms with Gasteiger partial charge in [0.1, 0.15) is 5.69 Å². The summed E-state index contributed by atoms with van der Waals surface area (Å²) in [6.07, 6.45) is 0.963. The Balaban J connectivity index is 1.47. The number of rotatable bonds is 5. The highest BCUT2D eigenvalue weighted by molar-refractivity contribution is 5.99. The summed E-state index contributed by atoms with van der Waals surface area (Å²) < 4.78 is 5.41. The number of hydrogen-bond acceptors (Lipinski definition) is 5. The number of hydrogen-bond donors (Lipinski definition) is 3. The zero-order valence-electron chi connectivity index (χ0n) is 17.2. The molecule has 5 rings (SSSR count). The molecular weight excluding hydrogens is 380 g/mol. The normalized spacial score (nSPS) is 24.4. The van der Waals surface area contributed by atoms with Crippen LogP contribution in [0.2, 0.25) is 0 Å². The van der Waals surface area contributed by atoms with Gasteiger partial charge in [0, 0.05) is 54.3 Å². The molecule has 1 unspecified atom stereocenters. The van der Waals surface area contributed by atoms with E-state index in [9.17, 15) is 9.59 Å². The molecule has 0 spiro atoms. The van der Waals surface area contributed by atoms with E-state index in [0.29, 0.717) is 30.6 Å². The number of nitrogens with zero attached hydrogens (tertiary/aromatic N) is 1. The maximum absolute atomic E-state index is 13.0. The maximum Gasteiger partial charge on any atom is 0.269 e. The van der Waals surface area contributed by atoms with Crippen molar-refractivity contribution in [3.8, 4) is 0 Å². The van der Waals surface area contributed by atoms with E-state index in [1.165, 1.54) is 11.1 Å². The number of carbonyl (C=O) groups excluding carboxylic acids is 2. The van der Waals surface area contributed by atoms with Crippen molar-refractivity contribution in [2.24, 2.45) is 11.8 Å². The smallest absolute Gasteiger partial charge is 0.269 e. The summed E-state index contributed by atoms with van der Waals surface area (Å²) in [4.78, 5) is 29.9. The van der Waals surface area contributed by atoms with Crippen LogP contribution in [0.15, 0.2) is 30.3 Å². The Kier molecular flexibility index (Phi) is 4.70. The Bertz CT molecular complexity index is 1010. The Morgan fingerprint density at radius 3 is 2.77 bits per heavy atom. The van der Waals surface area contributed by atoms with Crippen molar-refractivity contribution in [1.82, 2.24) is 15.6 Å². The van der Waals surface area contributed by atoms with Gasteiger partial charge in [0.2, 0.25) is 0 Å². The summed E-state index contributed by atoms with van der Waals surface area (Å²) in [5.41, 5.74) is 5.08. The van der Waals surface area contributed by atoms with Crippen LogP contribution in [0.1, 0.15) is 50.5 Å². The van der Waals surface area contributed by atoms with E-state index in [-0.39, 0.29) is 29.5 Å². The SMILES string of the molecule is CNC(=O)c1cc(C(=O)NC2[C@H]3COC[C@@H]23)cc([C@@H](C)c2cccc3c2CCN3)n1. The molecule has 3 heterocycles. The van der Waals surface area contributed by atoms with E-state index in [0.717, 1.165) is 24.3 Å². The zero-order valence-corrected chi connectivity index (χ0v) is 17.2. The van der Waals surface area contributed by atoms with E-state index in [1.54, 1.807) is 13.1 Å². The number of anilines is 1. The highest BCUT2D eigenvalue weighted by Crippen LogP contribution is 2.44. The topological polar surface area (TPSA) is 92.4 Å². The number of pyridine rings is 1. The number of amides is 2. The Morgan fingerprint density at radius 1 is 1.20 bits per heavy atom. The first kappa shape index (κ1) is 19.1. The molecule has 156 valence electrons. The Morgan fingerprint density at radius 2 is 2.00 bits per heavy atom. The number of benzene rings is 1. The van der Waals surface area contributed by atoms with Crippen molar-refractivity contribution >= 4 is 17.5 Å². The molecule has 1 aromatic carbocycles. The predicted molar refractivity (Wildman–Crippen MR) is 113 cm³/mol. The van der Waals surface area contributed by atoms with Crippen molar-refractivity contribution < 1.29 is 14.3 Å². The Hall–Kier alpha value is -2.93. The van der Waals surface area contributed by atoms with E-state index >= 15 is 0 Å². The predicted octanol–water partition coefficient (Wildman–Crippen LogP) is 1.94. The standard InChI is InChI=1S/C23H26N4O3/c1-12(14-4-3-5-18-15(14)6-7-25-18)19-8-13(9-20(26-19)23(29)24-2)22(28)27-21-16-10-30-11-17(16)21/h3-5,8-9,12,16-17,21,25H,6-7,10-11H2,1-2H3,(H,24,29)(H,27,28)/t12-,16-,17+,21?/m0/s1. The first-order valence-electron chi connectivity index (χ1n) is 10.5. The van der Waals surface area contributed by atoms with Crippen LogP contribution in [-0.2, 0) is 11.2 Å². The van der Waals surface area contributed by atoms with Gasteiger partial charge in [0.05, 0.1) is 13.2 Å². The molecule has 1 aromatic heterocycles. The van der Waals surface area contributed by atoms with Gasteiger partial charge in [-0.2, -0.15) is 0 Å². The van der Waals surface area contributed by atoms with Crippen LogP contribution >= 0.6 is 0 Å². The fourth-order valence-electron chi connectivity index (χ4n) is 4.77. The lowest BCUT2D eigenvalue weighted by Crippen LogP contribution is -2.30. The van der Waals surface area contributed by atoms with Crippen molar-refractivity contribution in [2.75, 3.05) is 32.1 Å². The van der Waals surface area contributed by atoms with Gasteiger partial charge in [-0.1, -0.05) is 19.1 Å². The molecule has 4 atom stereocenters. The maximum atomic E-state index is 13.0. The summed E-state index contributed by atoms with van der Waals surface area (Å²) >= 11 is 0. The average molecular weight is 406 g/mol. The van der Waals surface area contributed by atoms with Gasteiger partial charge in [-0.15, -0.1) is 0 Å². The minimum atomic E-state index is -0.297. The van der Waals surface area contributed by atoms with E-state index in [1.807, 2.05) is 12.1 Å². The van der Waals surface area contributed by atoms with Gasteiger partial charge in [0.15, 0.2) is 0 Å². The van der Waals surface area contributed by atoms with Crippen LogP contribution in [0.5, 0.6) is 0 Å². The monoisotopic (exact) mass is 406 g/mol. The highest BCUT2D eigenvalue weighted by Gasteiger charge is 2.54. The van der Waals surface area contributed by atoms with Gasteiger partial charge in [0.25, 0.3) is 11.8 Å². The lowest BCUT2D eigenvalue weighted by Gasteiger charge is -2.17. The highest BCUT2D eigenvalue weighted by atomic mass is 16.5. The van der Waals surface area contributed by atoms with Crippen LogP contribution in [0.25, 0.3) is 0 Å². The number of fused-ring (bicyclic) bond motifs is 2. The molecule has 3 aliphatic rings. The van der Waals surface area contributed by atoms with Gasteiger partial charge < -0.3 is 20.7 Å². The minimum absolute atomic E-state index is 0.0373. The molecule has 1 saturated carbocycles. The number of ether oxygens (including phenoxy) is 1. The van der Waals surface area contributed by atoms with Crippen LogP contribution in [-0.4, -0.2) is 49.6 Å². The molecular formula is C23H26N4O3. The molecule has 3 N–H and O–H groups in total. The van der Waals surface area contributed by atoms with Crippen LogP contribution in [0, 0.1) is 11.8 Å². The minimum Gasteiger partial charge on any atom is -0.384 e. The molecule has 7 heteroatoms. The van der Waals surface area contributed by atoms with E-state index in [2.05, 4.69) is 40.0 Å². The van der Waals surface area contributed by atoms with Gasteiger partial charge in [-0.05, 0) is 35.7 Å². The van der Waals surface area contributed by atoms with Gasteiger partial charge >= 0.3 is 0 Å². The van der Waals surface area contributed by atoms with Crippen molar-refractivity contribution in [2.45, 2.75) is 25.3 Å². The lowest BCUT2D eigenvalue weighted by molar-refractivity contribution is 0.0928. The summed E-state index contributed by atoms with van der Waals surface area (Å²) in [6, 6.07) is 9.80. The van der Waals surface area contributed by atoms with Crippen molar-refractivity contribution in [3.63, 3.8) is 0 Å². The lowest BCUT2D eigenvalue weighted by atomic mass is 9.90. The summed E-state index contributed by atoms with van der Waals surface area (Å²) in [5, 5.41) is 9.14. The molecule has 1 aliphatic carbocycles. The molecule has 30 heavy (non-hydrogen) atoms. The summed E-state index contributed by atoms with van der Waals surface area (Å²) in [5.74, 6) is 0.355. The number of aromatic nitrogens is 1. The molecule has 2 aromatic rings. The zero-order chi connectivity index (χ0) is 20.8. The molecule has 2 fully saturated rings. The quantitative estimate of drug-likeness (QED) is 0.706. The van der Waals surface area contributed by atoms with Crippen LogP contribution in [0.3, 0.4) is 0 Å². The fourth-order valence-corrected chi connectivity index (χ4v) is 4.77.